The van der Waals surface area contributed by atoms with Crippen molar-refractivity contribution in [1.82, 2.24) is 14.8 Å². The fourth-order valence-corrected chi connectivity index (χ4v) is 3.09. The van der Waals surface area contributed by atoms with Crippen molar-refractivity contribution in [3.63, 3.8) is 0 Å². The molecule has 0 saturated heterocycles. The largest absolute Gasteiger partial charge is 0.497 e. The molecule has 0 saturated carbocycles. The number of benzene rings is 2. The van der Waals surface area contributed by atoms with Crippen LogP contribution in [0.15, 0.2) is 60.8 Å². The van der Waals surface area contributed by atoms with E-state index in [2.05, 4.69) is 18.1 Å². The molecule has 0 spiro atoms. The van der Waals surface area contributed by atoms with Crippen LogP contribution >= 0.6 is 0 Å². The number of hydrogen-bond acceptors (Lipinski definition) is 4. The quantitative estimate of drug-likeness (QED) is 0.525. The molecule has 27 heavy (non-hydrogen) atoms. The third-order valence-corrected chi connectivity index (χ3v) is 4.50. The summed E-state index contributed by atoms with van der Waals surface area (Å²) in [5.74, 6) is 1.65. The van der Waals surface area contributed by atoms with Crippen LogP contribution < -0.4 is 9.47 Å². The monoisotopic (exact) mass is 359 g/mol. The Morgan fingerprint density at radius 3 is 2.44 bits per heavy atom. The van der Waals surface area contributed by atoms with E-state index >= 15 is 0 Å². The van der Waals surface area contributed by atoms with Gasteiger partial charge in [0, 0.05) is 24.2 Å². The first-order chi connectivity index (χ1) is 13.1. The molecule has 0 radical (unpaired) electrons. The Hall–Kier alpha value is -3.34. The minimum Gasteiger partial charge on any atom is -0.497 e. The third kappa shape index (κ3) is 3.62. The average Bonchev–Trinajstić information content (AvgIpc) is 3.11. The average molecular weight is 359 g/mol. The zero-order chi connectivity index (χ0) is 18.8. The Morgan fingerprint density at radius 1 is 0.963 bits per heavy atom. The lowest BCUT2D eigenvalue weighted by Crippen LogP contribution is -1.98. The van der Waals surface area contributed by atoms with Crippen LogP contribution in [0.4, 0.5) is 0 Å². The highest BCUT2D eigenvalue weighted by molar-refractivity contribution is 5.84. The molecule has 0 unspecified atom stereocenters. The maximum atomic E-state index is 5.81. The molecule has 0 atom stereocenters. The van der Waals surface area contributed by atoms with Gasteiger partial charge in [-0.25, -0.2) is 4.98 Å². The molecular formula is C22H21N3O2. The number of methoxy groups -OCH3 is 1. The third-order valence-electron chi connectivity index (χ3n) is 4.50. The molecule has 136 valence electrons. The SMILES string of the molecule is COc1ccc2nc(-c3ccc(OCc4ccn(C)n4)cc3)c(C)cc2c1. The van der Waals surface area contributed by atoms with Crippen molar-refractivity contribution in [1.29, 1.82) is 0 Å². The molecule has 0 fully saturated rings. The summed E-state index contributed by atoms with van der Waals surface area (Å²) in [6.45, 7) is 2.53. The van der Waals surface area contributed by atoms with Gasteiger partial charge in [0.25, 0.3) is 0 Å². The van der Waals surface area contributed by atoms with Crippen molar-refractivity contribution in [2.45, 2.75) is 13.5 Å². The number of rotatable bonds is 5. The minimum atomic E-state index is 0.454. The summed E-state index contributed by atoms with van der Waals surface area (Å²) in [6.07, 6.45) is 1.91. The highest BCUT2D eigenvalue weighted by Crippen LogP contribution is 2.28. The number of pyridine rings is 1. The minimum absolute atomic E-state index is 0.454. The predicted octanol–water partition coefficient (Wildman–Crippen LogP) is 4.53. The smallest absolute Gasteiger partial charge is 0.132 e. The molecule has 5 nitrogen and oxygen atoms in total. The molecule has 0 aliphatic heterocycles. The van der Waals surface area contributed by atoms with Gasteiger partial charge in [-0.1, -0.05) is 0 Å². The van der Waals surface area contributed by atoms with Gasteiger partial charge in [-0.3, -0.25) is 4.68 Å². The van der Waals surface area contributed by atoms with E-state index in [4.69, 9.17) is 14.5 Å². The van der Waals surface area contributed by atoms with E-state index in [9.17, 15) is 0 Å². The van der Waals surface area contributed by atoms with Crippen molar-refractivity contribution in [2.24, 2.45) is 7.05 Å². The fourth-order valence-electron chi connectivity index (χ4n) is 3.09. The lowest BCUT2D eigenvalue weighted by Gasteiger charge is -2.10. The molecule has 4 rings (SSSR count). The van der Waals surface area contributed by atoms with E-state index in [0.29, 0.717) is 6.61 Å². The first-order valence-corrected chi connectivity index (χ1v) is 8.79. The van der Waals surface area contributed by atoms with Crippen molar-refractivity contribution >= 4 is 10.9 Å². The molecule has 2 aromatic carbocycles. The van der Waals surface area contributed by atoms with Crippen LogP contribution in [-0.4, -0.2) is 21.9 Å². The van der Waals surface area contributed by atoms with Crippen molar-refractivity contribution in [3.05, 3.63) is 72.1 Å². The van der Waals surface area contributed by atoms with Crippen LogP contribution in [0.3, 0.4) is 0 Å². The molecule has 0 bridgehead atoms. The molecule has 0 aliphatic carbocycles. The lowest BCUT2D eigenvalue weighted by atomic mass is 10.0. The van der Waals surface area contributed by atoms with Gasteiger partial charge in [-0.15, -0.1) is 0 Å². The number of aromatic nitrogens is 3. The summed E-state index contributed by atoms with van der Waals surface area (Å²) in [4.78, 5) is 4.84. The van der Waals surface area contributed by atoms with Crippen LogP contribution in [0.5, 0.6) is 11.5 Å². The lowest BCUT2D eigenvalue weighted by molar-refractivity contribution is 0.300. The van der Waals surface area contributed by atoms with Crippen LogP contribution in [0.2, 0.25) is 0 Å². The number of nitrogens with zero attached hydrogens (tertiary/aromatic N) is 3. The van der Waals surface area contributed by atoms with E-state index < -0.39 is 0 Å². The first kappa shape index (κ1) is 17.1. The summed E-state index contributed by atoms with van der Waals surface area (Å²) in [5, 5.41) is 5.39. The van der Waals surface area contributed by atoms with Crippen LogP contribution in [0.1, 0.15) is 11.3 Å². The summed E-state index contributed by atoms with van der Waals surface area (Å²) in [6, 6.07) is 18.0. The van der Waals surface area contributed by atoms with Crippen LogP contribution in [-0.2, 0) is 13.7 Å². The predicted molar refractivity (Wildman–Crippen MR) is 106 cm³/mol. The number of aryl methyl sites for hydroxylation is 2. The first-order valence-electron chi connectivity index (χ1n) is 8.79. The standard InChI is InChI=1S/C22H21N3O2/c1-15-12-17-13-20(26-3)8-9-21(17)23-22(15)16-4-6-19(7-5-16)27-14-18-10-11-25(2)24-18/h4-13H,14H2,1-3H3. The summed E-state index contributed by atoms with van der Waals surface area (Å²) in [5.41, 5.74) is 5.02. The zero-order valence-corrected chi connectivity index (χ0v) is 15.6. The normalized spacial score (nSPS) is 10.9. The van der Waals surface area contributed by atoms with Gasteiger partial charge in [0.1, 0.15) is 18.1 Å². The van der Waals surface area contributed by atoms with Gasteiger partial charge >= 0.3 is 0 Å². The number of fused-ring (bicyclic) bond motifs is 1. The van der Waals surface area contributed by atoms with Gasteiger partial charge < -0.3 is 9.47 Å². The maximum Gasteiger partial charge on any atom is 0.132 e. The Bertz CT molecular complexity index is 1080. The Morgan fingerprint density at radius 2 is 1.74 bits per heavy atom. The summed E-state index contributed by atoms with van der Waals surface area (Å²) in [7, 11) is 3.57. The molecular weight excluding hydrogens is 338 g/mol. The van der Waals surface area contributed by atoms with Crippen LogP contribution in [0.25, 0.3) is 22.2 Å². The summed E-state index contributed by atoms with van der Waals surface area (Å²) >= 11 is 0. The molecule has 2 heterocycles. The van der Waals surface area contributed by atoms with E-state index in [1.807, 2.05) is 61.8 Å². The van der Waals surface area contributed by atoms with E-state index in [-0.39, 0.29) is 0 Å². The molecule has 0 N–H and O–H groups in total. The van der Waals surface area contributed by atoms with Gasteiger partial charge in [-0.2, -0.15) is 5.10 Å². The highest BCUT2D eigenvalue weighted by Gasteiger charge is 2.08. The highest BCUT2D eigenvalue weighted by atomic mass is 16.5. The van der Waals surface area contributed by atoms with E-state index in [1.165, 1.54) is 0 Å². The number of hydrogen-bond donors (Lipinski definition) is 0. The Kier molecular flexibility index (Phi) is 4.50. The fraction of sp³-hybridized carbons (Fsp3) is 0.182. The van der Waals surface area contributed by atoms with Gasteiger partial charge in [0.2, 0.25) is 0 Å². The zero-order valence-electron chi connectivity index (χ0n) is 15.6. The van der Waals surface area contributed by atoms with Crippen molar-refractivity contribution in [3.8, 4) is 22.8 Å². The second-order valence-corrected chi connectivity index (χ2v) is 6.51. The topological polar surface area (TPSA) is 49.2 Å². The Labute approximate surface area is 158 Å². The van der Waals surface area contributed by atoms with Crippen molar-refractivity contribution in [2.75, 3.05) is 7.11 Å². The molecule has 2 aromatic heterocycles. The molecule has 4 aromatic rings. The van der Waals surface area contributed by atoms with Gasteiger partial charge in [0.15, 0.2) is 0 Å². The second-order valence-electron chi connectivity index (χ2n) is 6.51. The molecule has 5 heteroatoms. The molecule has 0 amide bonds. The van der Waals surface area contributed by atoms with Gasteiger partial charge in [0.05, 0.1) is 24.0 Å². The maximum absolute atomic E-state index is 5.81. The second kappa shape index (κ2) is 7.11. The van der Waals surface area contributed by atoms with E-state index in [1.54, 1.807) is 11.8 Å². The Balaban J connectivity index is 1.56. The van der Waals surface area contributed by atoms with Crippen LogP contribution in [0, 0.1) is 6.92 Å². The van der Waals surface area contributed by atoms with Crippen molar-refractivity contribution < 1.29 is 9.47 Å². The number of ether oxygens (including phenoxy) is 2. The summed E-state index contributed by atoms with van der Waals surface area (Å²) < 4.78 is 12.9. The van der Waals surface area contributed by atoms with Gasteiger partial charge in [-0.05, 0) is 67.1 Å². The molecule has 0 aliphatic rings. The van der Waals surface area contributed by atoms with E-state index in [0.717, 1.165) is 44.9 Å².